The Morgan fingerprint density at radius 3 is 3.10 bits per heavy atom. The van der Waals surface area contributed by atoms with Crippen molar-refractivity contribution in [2.24, 2.45) is 5.73 Å². The molecule has 2 unspecified atom stereocenters. The van der Waals surface area contributed by atoms with Gasteiger partial charge in [0.05, 0.1) is 6.61 Å². The molecule has 10 heavy (non-hydrogen) atoms. The summed E-state index contributed by atoms with van der Waals surface area (Å²) in [7, 11) is 0. The standard InChI is InChI=1S/C6H12N2O2/c7-5-3-10-2-1-6(5)8-4-9/h4-6H,1-3,7H2,(H,8,9). The summed E-state index contributed by atoms with van der Waals surface area (Å²) < 4.78 is 5.08. The van der Waals surface area contributed by atoms with Gasteiger partial charge in [-0.05, 0) is 6.42 Å². The van der Waals surface area contributed by atoms with Crippen LogP contribution in [0.3, 0.4) is 0 Å². The largest absolute Gasteiger partial charge is 0.380 e. The molecule has 0 bridgehead atoms. The smallest absolute Gasteiger partial charge is 0.207 e. The number of ether oxygens (including phenoxy) is 1. The first kappa shape index (κ1) is 7.50. The van der Waals surface area contributed by atoms with E-state index < -0.39 is 0 Å². The summed E-state index contributed by atoms with van der Waals surface area (Å²) in [6.45, 7) is 1.24. The topological polar surface area (TPSA) is 64.3 Å². The van der Waals surface area contributed by atoms with Gasteiger partial charge in [0.1, 0.15) is 0 Å². The van der Waals surface area contributed by atoms with Crippen LogP contribution in [-0.2, 0) is 9.53 Å². The van der Waals surface area contributed by atoms with Crippen molar-refractivity contribution in [2.45, 2.75) is 18.5 Å². The third kappa shape index (κ3) is 1.68. The number of carbonyl (C=O) groups excluding carboxylic acids is 1. The first-order valence-corrected chi connectivity index (χ1v) is 3.37. The number of hydrogen-bond acceptors (Lipinski definition) is 3. The second-order valence-electron chi connectivity index (χ2n) is 2.42. The number of amides is 1. The number of rotatable bonds is 2. The normalized spacial score (nSPS) is 33.3. The fraction of sp³-hybridized carbons (Fsp3) is 0.833. The predicted octanol–water partition coefficient (Wildman–Crippen LogP) is -1.15. The second-order valence-corrected chi connectivity index (χ2v) is 2.42. The van der Waals surface area contributed by atoms with Gasteiger partial charge in [-0.15, -0.1) is 0 Å². The van der Waals surface area contributed by atoms with Gasteiger partial charge in [-0.2, -0.15) is 0 Å². The van der Waals surface area contributed by atoms with E-state index in [0.717, 1.165) is 6.42 Å². The number of hydrogen-bond donors (Lipinski definition) is 2. The Morgan fingerprint density at radius 2 is 2.50 bits per heavy atom. The summed E-state index contributed by atoms with van der Waals surface area (Å²) in [5.74, 6) is 0. The van der Waals surface area contributed by atoms with Gasteiger partial charge >= 0.3 is 0 Å². The third-order valence-electron chi connectivity index (χ3n) is 1.68. The lowest BCUT2D eigenvalue weighted by atomic mass is 10.1. The van der Waals surface area contributed by atoms with E-state index in [4.69, 9.17) is 10.5 Å². The van der Waals surface area contributed by atoms with Crippen LogP contribution < -0.4 is 11.1 Å². The molecule has 0 aromatic carbocycles. The van der Waals surface area contributed by atoms with Crippen LogP contribution in [0.2, 0.25) is 0 Å². The van der Waals surface area contributed by atoms with Crippen molar-refractivity contribution in [3.8, 4) is 0 Å². The van der Waals surface area contributed by atoms with Crippen molar-refractivity contribution in [1.82, 2.24) is 5.32 Å². The van der Waals surface area contributed by atoms with Crippen molar-refractivity contribution in [2.75, 3.05) is 13.2 Å². The van der Waals surface area contributed by atoms with Gasteiger partial charge in [0.15, 0.2) is 0 Å². The molecule has 2 atom stereocenters. The molecule has 3 N–H and O–H groups in total. The van der Waals surface area contributed by atoms with Crippen LogP contribution in [0.25, 0.3) is 0 Å². The van der Waals surface area contributed by atoms with Gasteiger partial charge in [-0.3, -0.25) is 4.79 Å². The average Bonchev–Trinajstić information content (AvgIpc) is 1.94. The van der Waals surface area contributed by atoms with Crippen LogP contribution in [0, 0.1) is 0 Å². The molecular weight excluding hydrogens is 132 g/mol. The number of nitrogens with one attached hydrogen (secondary N) is 1. The van der Waals surface area contributed by atoms with E-state index in [1.165, 1.54) is 0 Å². The maximum atomic E-state index is 10.0. The van der Waals surface area contributed by atoms with E-state index in [9.17, 15) is 4.79 Å². The van der Waals surface area contributed by atoms with Crippen LogP contribution in [-0.4, -0.2) is 31.7 Å². The SMILES string of the molecule is NC1COCCC1NC=O. The summed E-state index contributed by atoms with van der Waals surface area (Å²) in [6.07, 6.45) is 1.51. The Labute approximate surface area is 59.7 Å². The average molecular weight is 144 g/mol. The zero-order valence-corrected chi connectivity index (χ0v) is 5.75. The first-order chi connectivity index (χ1) is 4.84. The second kappa shape index (κ2) is 3.53. The molecule has 4 heteroatoms. The summed E-state index contributed by atoms with van der Waals surface area (Å²) in [6, 6.07) is 0.0604. The predicted molar refractivity (Wildman–Crippen MR) is 36.4 cm³/mol. The van der Waals surface area contributed by atoms with Crippen LogP contribution in [0.1, 0.15) is 6.42 Å². The van der Waals surface area contributed by atoms with E-state index in [2.05, 4.69) is 5.32 Å². The summed E-state index contributed by atoms with van der Waals surface area (Å²) >= 11 is 0. The highest BCUT2D eigenvalue weighted by Crippen LogP contribution is 2.03. The Bertz CT molecular complexity index is 118. The highest BCUT2D eigenvalue weighted by Gasteiger charge is 2.20. The lowest BCUT2D eigenvalue weighted by Gasteiger charge is -2.27. The molecule has 1 aliphatic heterocycles. The molecule has 0 aromatic rings. The van der Waals surface area contributed by atoms with E-state index in [0.29, 0.717) is 19.6 Å². The number of carbonyl (C=O) groups is 1. The van der Waals surface area contributed by atoms with E-state index in [1.807, 2.05) is 0 Å². The minimum atomic E-state index is -0.0426. The maximum absolute atomic E-state index is 10.0. The molecule has 0 spiro atoms. The molecule has 4 nitrogen and oxygen atoms in total. The monoisotopic (exact) mass is 144 g/mol. The molecule has 1 rings (SSSR count). The maximum Gasteiger partial charge on any atom is 0.207 e. The van der Waals surface area contributed by atoms with Crippen LogP contribution in [0.4, 0.5) is 0 Å². The third-order valence-corrected chi connectivity index (χ3v) is 1.68. The lowest BCUT2D eigenvalue weighted by molar-refractivity contribution is -0.110. The Morgan fingerprint density at radius 1 is 1.70 bits per heavy atom. The van der Waals surface area contributed by atoms with Gasteiger partial charge in [0.2, 0.25) is 6.41 Å². The van der Waals surface area contributed by atoms with Crippen molar-refractivity contribution in [3.63, 3.8) is 0 Å². The summed E-state index contributed by atoms with van der Waals surface area (Å²) in [4.78, 5) is 10.0. The quantitative estimate of drug-likeness (QED) is 0.481. The molecule has 1 aliphatic rings. The highest BCUT2D eigenvalue weighted by atomic mass is 16.5. The molecule has 1 saturated heterocycles. The summed E-state index contributed by atoms with van der Waals surface area (Å²) in [5, 5.41) is 2.65. The van der Waals surface area contributed by atoms with Crippen LogP contribution in [0.5, 0.6) is 0 Å². The van der Waals surface area contributed by atoms with Crippen molar-refractivity contribution in [3.05, 3.63) is 0 Å². The van der Waals surface area contributed by atoms with Gasteiger partial charge in [-0.1, -0.05) is 0 Å². The lowest BCUT2D eigenvalue weighted by Crippen LogP contribution is -2.50. The molecule has 1 heterocycles. The molecule has 0 aromatic heterocycles. The van der Waals surface area contributed by atoms with E-state index >= 15 is 0 Å². The van der Waals surface area contributed by atoms with E-state index in [1.54, 1.807) is 0 Å². The Hall–Kier alpha value is -0.610. The molecule has 0 saturated carbocycles. The first-order valence-electron chi connectivity index (χ1n) is 3.37. The van der Waals surface area contributed by atoms with Crippen molar-refractivity contribution in [1.29, 1.82) is 0 Å². The van der Waals surface area contributed by atoms with Crippen molar-refractivity contribution >= 4 is 6.41 Å². The fourth-order valence-corrected chi connectivity index (χ4v) is 1.05. The number of nitrogens with two attached hydrogens (primary N) is 1. The molecular formula is C6H12N2O2. The zero-order chi connectivity index (χ0) is 7.40. The van der Waals surface area contributed by atoms with Crippen LogP contribution in [0.15, 0.2) is 0 Å². The molecule has 1 fully saturated rings. The molecule has 1 amide bonds. The molecule has 58 valence electrons. The minimum Gasteiger partial charge on any atom is -0.380 e. The zero-order valence-electron chi connectivity index (χ0n) is 5.75. The summed E-state index contributed by atoms with van der Waals surface area (Å²) in [5.41, 5.74) is 5.62. The Kier molecular flexibility index (Phi) is 2.65. The van der Waals surface area contributed by atoms with Gasteiger partial charge in [-0.25, -0.2) is 0 Å². The highest BCUT2D eigenvalue weighted by molar-refractivity contribution is 5.46. The molecule has 0 radical (unpaired) electrons. The van der Waals surface area contributed by atoms with E-state index in [-0.39, 0.29) is 12.1 Å². The van der Waals surface area contributed by atoms with Crippen LogP contribution >= 0.6 is 0 Å². The van der Waals surface area contributed by atoms with Gasteiger partial charge in [0.25, 0.3) is 0 Å². The fourth-order valence-electron chi connectivity index (χ4n) is 1.05. The Balaban J connectivity index is 2.32. The molecule has 0 aliphatic carbocycles. The van der Waals surface area contributed by atoms with Gasteiger partial charge < -0.3 is 15.8 Å². The van der Waals surface area contributed by atoms with Gasteiger partial charge in [0, 0.05) is 18.7 Å². The van der Waals surface area contributed by atoms with Crippen molar-refractivity contribution < 1.29 is 9.53 Å². The minimum absolute atomic E-state index is 0.0426.